The van der Waals surface area contributed by atoms with E-state index in [-0.39, 0.29) is 5.92 Å². The summed E-state index contributed by atoms with van der Waals surface area (Å²) in [5.41, 5.74) is -0.583. The van der Waals surface area contributed by atoms with Crippen LogP contribution in [0.25, 0.3) is 0 Å². The summed E-state index contributed by atoms with van der Waals surface area (Å²) in [5.74, 6) is -0.437. The molecule has 2 atom stereocenters. The highest BCUT2D eigenvalue weighted by Gasteiger charge is 2.52. The molecule has 0 aliphatic carbocycles. The van der Waals surface area contributed by atoms with Gasteiger partial charge in [-0.2, -0.15) is 0 Å². The predicted octanol–water partition coefficient (Wildman–Crippen LogP) is 1.93. The van der Waals surface area contributed by atoms with Gasteiger partial charge in [0, 0.05) is 43.7 Å². The number of rotatable bonds is 5. The van der Waals surface area contributed by atoms with Crippen LogP contribution in [0, 0.1) is 11.3 Å². The van der Waals surface area contributed by atoms with E-state index in [2.05, 4.69) is 21.4 Å². The van der Waals surface area contributed by atoms with Crippen LogP contribution in [0.3, 0.4) is 0 Å². The monoisotopic (exact) mass is 321 g/mol. The van der Waals surface area contributed by atoms with E-state index in [1.54, 1.807) is 11.3 Å². The van der Waals surface area contributed by atoms with Gasteiger partial charge in [0.05, 0.1) is 12.0 Å². The van der Waals surface area contributed by atoms with Crippen molar-refractivity contribution in [1.29, 1.82) is 0 Å². The van der Waals surface area contributed by atoms with Gasteiger partial charge in [0.25, 0.3) is 0 Å². The molecule has 2 aliphatic rings. The molecule has 0 aromatic carbocycles. The number of aliphatic carboxylic acids is 1. The summed E-state index contributed by atoms with van der Waals surface area (Å²) in [4.78, 5) is 21.0. The van der Waals surface area contributed by atoms with Crippen molar-refractivity contribution < 1.29 is 9.90 Å². The van der Waals surface area contributed by atoms with Crippen molar-refractivity contribution in [3.05, 3.63) is 29.2 Å². The minimum Gasteiger partial charge on any atom is -0.481 e. The third-order valence-electron chi connectivity index (χ3n) is 5.00. The fourth-order valence-electron chi connectivity index (χ4n) is 3.95. The molecule has 22 heavy (non-hydrogen) atoms. The number of fused-ring (bicyclic) bond motifs is 1. The Morgan fingerprint density at radius 1 is 1.55 bits per heavy atom. The average molecular weight is 321 g/mol. The van der Waals surface area contributed by atoms with Gasteiger partial charge in [-0.3, -0.25) is 14.6 Å². The van der Waals surface area contributed by atoms with Gasteiger partial charge in [0.15, 0.2) is 0 Å². The Labute approximate surface area is 135 Å². The molecule has 120 valence electrons. The van der Waals surface area contributed by atoms with E-state index in [0.29, 0.717) is 6.54 Å². The lowest BCUT2D eigenvalue weighted by molar-refractivity contribution is -0.150. The third-order valence-corrected chi connectivity index (χ3v) is 5.76. The van der Waals surface area contributed by atoms with Gasteiger partial charge >= 0.3 is 5.97 Å². The van der Waals surface area contributed by atoms with Crippen molar-refractivity contribution in [3.8, 4) is 0 Å². The number of carboxylic acids is 1. The summed E-state index contributed by atoms with van der Waals surface area (Å²) >= 11 is 1.67. The number of carbonyl (C=O) groups is 1. The Hall–Kier alpha value is -1.24. The minimum atomic E-state index is -0.625. The lowest BCUT2D eigenvalue weighted by atomic mass is 9.75. The predicted molar refractivity (Wildman–Crippen MR) is 86.8 cm³/mol. The second-order valence-corrected chi connectivity index (χ2v) is 7.38. The van der Waals surface area contributed by atoms with Crippen LogP contribution in [-0.4, -0.2) is 58.6 Å². The topological polar surface area (TPSA) is 56.7 Å². The fraction of sp³-hybridized carbons (Fsp3) is 0.625. The summed E-state index contributed by atoms with van der Waals surface area (Å²) in [6, 6.07) is 0. The van der Waals surface area contributed by atoms with Gasteiger partial charge in [0.2, 0.25) is 0 Å². The number of hydrogen-bond donors (Lipinski definition) is 1. The Morgan fingerprint density at radius 2 is 2.36 bits per heavy atom. The lowest BCUT2D eigenvalue weighted by Gasteiger charge is -2.29. The highest BCUT2D eigenvalue weighted by molar-refractivity contribution is 7.09. The zero-order valence-corrected chi connectivity index (χ0v) is 13.6. The first-order valence-corrected chi connectivity index (χ1v) is 8.69. The van der Waals surface area contributed by atoms with Gasteiger partial charge in [-0.05, 0) is 19.4 Å². The number of aromatic nitrogens is 1. The number of nitrogens with zero attached hydrogens (tertiary/aromatic N) is 3. The van der Waals surface area contributed by atoms with Crippen LogP contribution in [0.15, 0.2) is 24.2 Å². The Bertz CT molecular complexity index is 534. The van der Waals surface area contributed by atoms with Crippen molar-refractivity contribution in [2.24, 2.45) is 11.3 Å². The molecule has 0 saturated carbocycles. The van der Waals surface area contributed by atoms with Gasteiger partial charge in [-0.1, -0.05) is 6.08 Å². The van der Waals surface area contributed by atoms with E-state index in [1.807, 2.05) is 17.7 Å². The third kappa shape index (κ3) is 2.95. The zero-order chi connectivity index (χ0) is 15.6. The quantitative estimate of drug-likeness (QED) is 0.840. The SMILES string of the molecule is C=CCN1C[C@H]2CN(Cc3nccs3)CCC[C@@]2(C(=O)O)C1. The molecule has 1 aromatic heterocycles. The van der Waals surface area contributed by atoms with Crippen LogP contribution < -0.4 is 0 Å². The second-order valence-electron chi connectivity index (χ2n) is 6.41. The summed E-state index contributed by atoms with van der Waals surface area (Å²) in [6.07, 6.45) is 5.42. The van der Waals surface area contributed by atoms with Crippen LogP contribution in [0.5, 0.6) is 0 Å². The number of thiazole rings is 1. The molecule has 2 fully saturated rings. The molecule has 1 N–H and O–H groups in total. The Balaban J connectivity index is 1.75. The van der Waals surface area contributed by atoms with Gasteiger partial charge in [-0.25, -0.2) is 4.98 Å². The molecule has 0 amide bonds. The van der Waals surface area contributed by atoms with Crippen molar-refractivity contribution in [3.63, 3.8) is 0 Å². The normalized spacial score (nSPS) is 29.9. The first-order chi connectivity index (χ1) is 10.6. The van der Waals surface area contributed by atoms with Crippen LogP contribution in [0.2, 0.25) is 0 Å². The molecule has 0 bridgehead atoms. The molecular weight excluding hydrogens is 298 g/mol. The zero-order valence-electron chi connectivity index (χ0n) is 12.8. The van der Waals surface area contributed by atoms with E-state index >= 15 is 0 Å². The highest BCUT2D eigenvalue weighted by Crippen LogP contribution is 2.43. The minimum absolute atomic E-state index is 0.187. The van der Waals surface area contributed by atoms with E-state index in [1.165, 1.54) is 0 Å². The van der Waals surface area contributed by atoms with E-state index in [4.69, 9.17) is 0 Å². The molecule has 3 heterocycles. The molecule has 3 rings (SSSR count). The van der Waals surface area contributed by atoms with Crippen LogP contribution in [-0.2, 0) is 11.3 Å². The maximum Gasteiger partial charge on any atom is 0.311 e. The number of hydrogen-bond acceptors (Lipinski definition) is 5. The highest BCUT2D eigenvalue weighted by atomic mass is 32.1. The van der Waals surface area contributed by atoms with Crippen LogP contribution in [0.4, 0.5) is 0 Å². The second kappa shape index (κ2) is 6.48. The van der Waals surface area contributed by atoms with Crippen molar-refractivity contribution in [1.82, 2.24) is 14.8 Å². The molecule has 1 aromatic rings. The van der Waals surface area contributed by atoms with Gasteiger partial charge < -0.3 is 5.11 Å². The van der Waals surface area contributed by atoms with E-state index < -0.39 is 11.4 Å². The van der Waals surface area contributed by atoms with Crippen molar-refractivity contribution in [2.75, 3.05) is 32.7 Å². The molecular formula is C16H23N3O2S. The van der Waals surface area contributed by atoms with Crippen molar-refractivity contribution in [2.45, 2.75) is 19.4 Å². The maximum atomic E-state index is 12.0. The molecule has 0 unspecified atom stereocenters. The molecule has 0 radical (unpaired) electrons. The van der Waals surface area contributed by atoms with Crippen LogP contribution in [0.1, 0.15) is 17.8 Å². The van der Waals surface area contributed by atoms with Gasteiger partial charge in [-0.15, -0.1) is 17.9 Å². The molecule has 2 saturated heterocycles. The number of likely N-dealkylation sites (tertiary alicyclic amines) is 2. The first kappa shape index (κ1) is 15.6. The smallest absolute Gasteiger partial charge is 0.311 e. The summed E-state index contributed by atoms with van der Waals surface area (Å²) < 4.78 is 0. The molecule has 6 heteroatoms. The summed E-state index contributed by atoms with van der Waals surface area (Å²) in [5, 5.41) is 13.0. The number of carboxylic acid groups (broad SMARTS) is 1. The molecule has 5 nitrogen and oxygen atoms in total. The van der Waals surface area contributed by atoms with E-state index in [0.717, 1.165) is 50.6 Å². The summed E-state index contributed by atoms with van der Waals surface area (Å²) in [6.45, 7) is 8.72. The molecule has 0 spiro atoms. The lowest BCUT2D eigenvalue weighted by Crippen LogP contribution is -2.41. The standard InChI is InChI=1S/C16H23N3O2S/c1-2-6-19-10-13-9-18(11-14-17-5-8-22-14)7-3-4-16(13,12-19)15(20)21/h2,5,8,13H,1,3-4,6-7,9-12H2,(H,20,21)/t13-,16-/m1/s1. The average Bonchev–Trinajstić information content (AvgIpc) is 3.05. The largest absolute Gasteiger partial charge is 0.481 e. The van der Waals surface area contributed by atoms with Gasteiger partial charge in [0.1, 0.15) is 5.01 Å². The van der Waals surface area contributed by atoms with Crippen molar-refractivity contribution >= 4 is 17.3 Å². The van der Waals surface area contributed by atoms with Crippen LogP contribution >= 0.6 is 11.3 Å². The Morgan fingerprint density at radius 3 is 3.05 bits per heavy atom. The molecule has 2 aliphatic heterocycles. The summed E-state index contributed by atoms with van der Waals surface area (Å²) in [7, 11) is 0. The Kier molecular flexibility index (Phi) is 4.61. The van der Waals surface area contributed by atoms with E-state index in [9.17, 15) is 9.90 Å². The fourth-order valence-corrected chi connectivity index (χ4v) is 4.61. The first-order valence-electron chi connectivity index (χ1n) is 7.81. The maximum absolute atomic E-state index is 12.0.